The van der Waals surface area contributed by atoms with E-state index in [9.17, 15) is 9.59 Å². The molecule has 0 spiro atoms. The number of unbranched alkanes of at least 4 members (excludes halogenated alkanes) is 11. The number of nitrogens with zero attached hydrogens (tertiary/aromatic N) is 2. The number of benzene rings is 1. The zero-order valence-electron chi connectivity index (χ0n) is 23.6. The fourth-order valence-electron chi connectivity index (χ4n) is 4.23. The Morgan fingerprint density at radius 1 is 0.816 bits per heavy atom. The van der Waals surface area contributed by atoms with Crippen LogP contribution in [0.2, 0.25) is 0 Å². The Balaban J connectivity index is 0.00000722. The Labute approximate surface area is 247 Å². The molecule has 1 heterocycles. The molecule has 0 aliphatic heterocycles. The summed E-state index contributed by atoms with van der Waals surface area (Å²) >= 11 is 0. The molecular formula is C31H47IN2O4. The van der Waals surface area contributed by atoms with Gasteiger partial charge in [-0.05, 0) is 24.1 Å². The van der Waals surface area contributed by atoms with E-state index in [1.54, 1.807) is 0 Å². The van der Waals surface area contributed by atoms with Crippen LogP contribution in [0.25, 0.3) is 0 Å². The highest BCUT2D eigenvalue weighted by Crippen LogP contribution is 2.16. The summed E-state index contributed by atoms with van der Waals surface area (Å²) in [5.74, 6) is 0.468. The van der Waals surface area contributed by atoms with Crippen LogP contribution in [0.1, 0.15) is 102 Å². The molecule has 0 unspecified atom stereocenters. The molecule has 2 rings (SSSR count). The molecule has 0 saturated heterocycles. The van der Waals surface area contributed by atoms with Gasteiger partial charge in [-0.3, -0.25) is 4.79 Å². The molecule has 1 aromatic heterocycles. The standard InChI is InChI=1S/C31H47N2O4.HI/c1-4-5-6-7-8-9-10-11-12-13-14-17-24-36-30-21-19-28(20-22-30)26-37-31(35)33(27(2)34)25-29-18-15-16-23-32(29)3;/h15-16,18-23H,4-14,17,24-26H2,1-3H3;1H/q+1;/p-1. The minimum Gasteiger partial charge on any atom is -1.00 e. The molecule has 0 bridgehead atoms. The second kappa shape index (κ2) is 20.8. The zero-order chi connectivity index (χ0) is 26.7. The third-order valence-electron chi connectivity index (χ3n) is 6.64. The van der Waals surface area contributed by atoms with Crippen LogP contribution in [0.3, 0.4) is 0 Å². The van der Waals surface area contributed by atoms with Crippen molar-refractivity contribution in [1.82, 2.24) is 4.90 Å². The summed E-state index contributed by atoms with van der Waals surface area (Å²) in [7, 11) is 1.88. The molecular weight excluding hydrogens is 591 g/mol. The van der Waals surface area contributed by atoms with Crippen LogP contribution in [0.15, 0.2) is 48.7 Å². The molecule has 212 valence electrons. The maximum Gasteiger partial charge on any atom is 0.417 e. The molecule has 0 N–H and O–H groups in total. The van der Waals surface area contributed by atoms with Crippen molar-refractivity contribution < 1.29 is 47.6 Å². The predicted octanol–water partition coefficient (Wildman–Crippen LogP) is 4.28. The molecule has 0 fully saturated rings. The van der Waals surface area contributed by atoms with Crippen LogP contribution in [0, 0.1) is 0 Å². The summed E-state index contributed by atoms with van der Waals surface area (Å²) in [5.41, 5.74) is 1.68. The van der Waals surface area contributed by atoms with Crippen LogP contribution in [0.4, 0.5) is 4.79 Å². The molecule has 2 aromatic rings. The molecule has 0 aliphatic rings. The number of pyridine rings is 1. The molecule has 38 heavy (non-hydrogen) atoms. The van der Waals surface area contributed by atoms with Gasteiger partial charge in [0.1, 0.15) is 25.9 Å². The Morgan fingerprint density at radius 2 is 1.39 bits per heavy atom. The number of rotatable bonds is 18. The number of carbonyl (C=O) groups is 2. The van der Waals surface area contributed by atoms with Gasteiger partial charge in [-0.2, -0.15) is 0 Å². The Bertz CT molecular complexity index is 920. The quantitative estimate of drug-likeness (QED) is 0.139. The lowest BCUT2D eigenvalue weighted by Gasteiger charge is -2.17. The van der Waals surface area contributed by atoms with Crippen molar-refractivity contribution in [2.24, 2.45) is 7.05 Å². The molecule has 0 radical (unpaired) electrons. The average molecular weight is 639 g/mol. The van der Waals surface area contributed by atoms with Gasteiger partial charge in [0.15, 0.2) is 6.20 Å². The van der Waals surface area contributed by atoms with E-state index in [0.717, 1.165) is 34.9 Å². The lowest BCUT2D eigenvalue weighted by Crippen LogP contribution is -3.00. The third kappa shape index (κ3) is 14.1. The molecule has 2 amide bonds. The highest BCUT2D eigenvalue weighted by atomic mass is 127. The van der Waals surface area contributed by atoms with Gasteiger partial charge in [-0.25, -0.2) is 14.3 Å². The fraction of sp³-hybridized carbons (Fsp3) is 0.581. The van der Waals surface area contributed by atoms with Gasteiger partial charge in [-0.1, -0.05) is 95.8 Å². The second-order valence-corrected chi connectivity index (χ2v) is 9.84. The van der Waals surface area contributed by atoms with Gasteiger partial charge in [0.2, 0.25) is 11.6 Å². The number of imide groups is 1. The second-order valence-electron chi connectivity index (χ2n) is 9.84. The van der Waals surface area contributed by atoms with Crippen molar-refractivity contribution in [3.8, 4) is 5.75 Å². The number of hydrogen-bond donors (Lipinski definition) is 0. The average Bonchev–Trinajstić information content (AvgIpc) is 2.90. The van der Waals surface area contributed by atoms with Crippen molar-refractivity contribution in [1.29, 1.82) is 0 Å². The number of aryl methyl sites for hydroxylation is 1. The molecule has 0 saturated carbocycles. The number of halogens is 1. The summed E-state index contributed by atoms with van der Waals surface area (Å²) in [6.07, 6.45) is 17.2. The van der Waals surface area contributed by atoms with Crippen molar-refractivity contribution >= 4 is 12.0 Å². The lowest BCUT2D eigenvalue weighted by molar-refractivity contribution is -0.679. The largest absolute Gasteiger partial charge is 1.00 e. The maximum absolute atomic E-state index is 12.5. The van der Waals surface area contributed by atoms with E-state index in [1.807, 2.05) is 60.3 Å². The Kier molecular flexibility index (Phi) is 18.5. The molecule has 7 heteroatoms. The minimum atomic E-state index is -0.649. The molecule has 1 aromatic carbocycles. The van der Waals surface area contributed by atoms with Crippen LogP contribution >= 0.6 is 0 Å². The van der Waals surface area contributed by atoms with E-state index >= 15 is 0 Å². The van der Waals surface area contributed by atoms with Crippen molar-refractivity contribution in [3.05, 3.63) is 59.9 Å². The van der Waals surface area contributed by atoms with E-state index in [0.29, 0.717) is 0 Å². The Morgan fingerprint density at radius 3 is 1.95 bits per heavy atom. The third-order valence-corrected chi connectivity index (χ3v) is 6.64. The number of carbonyl (C=O) groups excluding carboxylic acids is 2. The molecule has 0 aliphatic carbocycles. The first-order valence-corrected chi connectivity index (χ1v) is 14.1. The van der Waals surface area contributed by atoms with E-state index in [2.05, 4.69) is 6.92 Å². The summed E-state index contributed by atoms with van der Waals surface area (Å²) in [4.78, 5) is 25.7. The van der Waals surface area contributed by atoms with Crippen molar-refractivity contribution in [2.75, 3.05) is 6.61 Å². The monoisotopic (exact) mass is 638 g/mol. The number of ether oxygens (including phenoxy) is 2. The van der Waals surface area contributed by atoms with Crippen LogP contribution < -0.4 is 33.3 Å². The van der Waals surface area contributed by atoms with E-state index in [1.165, 1.54) is 77.6 Å². The van der Waals surface area contributed by atoms with Crippen molar-refractivity contribution in [2.45, 2.75) is 104 Å². The summed E-state index contributed by atoms with van der Waals surface area (Å²) in [6, 6.07) is 13.2. The van der Waals surface area contributed by atoms with E-state index in [-0.39, 0.29) is 43.0 Å². The topological polar surface area (TPSA) is 59.7 Å². The number of hydrogen-bond acceptors (Lipinski definition) is 4. The van der Waals surface area contributed by atoms with Crippen LogP contribution in [-0.4, -0.2) is 23.5 Å². The van der Waals surface area contributed by atoms with Gasteiger partial charge in [0.05, 0.1) is 6.61 Å². The fourth-order valence-corrected chi connectivity index (χ4v) is 4.23. The Hall–Kier alpha value is -2.16. The summed E-state index contributed by atoms with van der Waals surface area (Å²) < 4.78 is 13.1. The highest BCUT2D eigenvalue weighted by Gasteiger charge is 2.23. The first-order chi connectivity index (χ1) is 18.0. The first kappa shape index (κ1) is 33.9. The van der Waals surface area contributed by atoms with Gasteiger partial charge < -0.3 is 33.5 Å². The van der Waals surface area contributed by atoms with Gasteiger partial charge in [0, 0.05) is 19.1 Å². The summed E-state index contributed by atoms with van der Waals surface area (Å²) in [5, 5.41) is 0. The number of amides is 2. The zero-order valence-corrected chi connectivity index (χ0v) is 25.8. The smallest absolute Gasteiger partial charge is 0.417 e. The van der Waals surface area contributed by atoms with Crippen LogP contribution in [-0.2, 0) is 29.7 Å². The van der Waals surface area contributed by atoms with Crippen molar-refractivity contribution in [3.63, 3.8) is 0 Å². The lowest BCUT2D eigenvalue weighted by atomic mass is 10.1. The SMILES string of the molecule is CCCCCCCCCCCCCCOc1ccc(COC(=O)N(Cc2cccc[n+]2C)C(C)=O)cc1.[I-]. The maximum atomic E-state index is 12.5. The van der Waals surface area contributed by atoms with E-state index in [4.69, 9.17) is 9.47 Å². The normalized spacial score (nSPS) is 10.5. The van der Waals surface area contributed by atoms with Crippen LogP contribution in [0.5, 0.6) is 5.75 Å². The molecule has 0 atom stereocenters. The highest BCUT2D eigenvalue weighted by molar-refractivity contribution is 5.90. The predicted molar refractivity (Wildman–Crippen MR) is 147 cm³/mol. The summed E-state index contributed by atoms with van der Waals surface area (Å²) in [6.45, 7) is 4.62. The van der Waals surface area contributed by atoms with Gasteiger partial charge in [0.25, 0.3) is 0 Å². The molecule has 6 nitrogen and oxygen atoms in total. The van der Waals surface area contributed by atoms with Gasteiger partial charge >= 0.3 is 6.09 Å². The van der Waals surface area contributed by atoms with Gasteiger partial charge in [-0.15, -0.1) is 0 Å². The number of aromatic nitrogens is 1. The minimum absolute atomic E-state index is 0. The first-order valence-electron chi connectivity index (χ1n) is 14.1. The van der Waals surface area contributed by atoms with E-state index < -0.39 is 6.09 Å².